The van der Waals surface area contributed by atoms with Gasteiger partial charge in [-0.1, -0.05) is 6.07 Å². The summed E-state index contributed by atoms with van der Waals surface area (Å²) in [5.74, 6) is 0.506. The summed E-state index contributed by atoms with van der Waals surface area (Å²) in [6.07, 6.45) is 0. The van der Waals surface area contributed by atoms with Crippen molar-refractivity contribution in [1.82, 2.24) is 0 Å². The highest BCUT2D eigenvalue weighted by molar-refractivity contribution is 7.91. The number of hydrogen-bond acceptors (Lipinski definition) is 4. The number of benzene rings is 2. The minimum absolute atomic E-state index is 0.201. The number of anilines is 1. The molecule has 0 radical (unpaired) electrons. The second kappa shape index (κ2) is 4.70. The van der Waals surface area contributed by atoms with Crippen molar-refractivity contribution < 1.29 is 13.2 Å². The minimum Gasteiger partial charge on any atom is -0.497 e. The monoisotopic (exact) mass is 263 g/mol. The Bertz CT molecular complexity index is 648. The summed E-state index contributed by atoms with van der Waals surface area (Å²) < 4.78 is 29.7. The largest absolute Gasteiger partial charge is 0.497 e. The lowest BCUT2D eigenvalue weighted by atomic mass is 10.3. The van der Waals surface area contributed by atoms with Gasteiger partial charge in [-0.3, -0.25) is 0 Å². The highest BCUT2D eigenvalue weighted by atomic mass is 32.2. The molecule has 0 bridgehead atoms. The van der Waals surface area contributed by atoms with Gasteiger partial charge in [0.05, 0.1) is 16.9 Å². The van der Waals surface area contributed by atoms with Crippen LogP contribution in [0.25, 0.3) is 0 Å². The van der Waals surface area contributed by atoms with Crippen LogP contribution in [0, 0.1) is 0 Å². The normalized spacial score (nSPS) is 11.2. The summed E-state index contributed by atoms with van der Waals surface area (Å²) in [4.78, 5) is 0.413. The molecule has 0 aliphatic heterocycles. The molecular formula is C13H13NO3S. The molecule has 2 aromatic rings. The van der Waals surface area contributed by atoms with E-state index in [0.717, 1.165) is 0 Å². The van der Waals surface area contributed by atoms with E-state index in [-0.39, 0.29) is 9.79 Å². The van der Waals surface area contributed by atoms with Crippen molar-refractivity contribution in [2.24, 2.45) is 0 Å². The van der Waals surface area contributed by atoms with Gasteiger partial charge in [0.1, 0.15) is 5.75 Å². The van der Waals surface area contributed by atoms with E-state index in [1.807, 2.05) is 0 Å². The minimum atomic E-state index is -3.52. The van der Waals surface area contributed by atoms with Crippen molar-refractivity contribution in [2.45, 2.75) is 9.79 Å². The fraction of sp³-hybridized carbons (Fsp3) is 0.0769. The number of nitrogen functional groups attached to an aromatic ring is 1. The summed E-state index contributed by atoms with van der Waals surface area (Å²) >= 11 is 0. The number of nitrogens with two attached hydrogens (primary N) is 1. The first-order chi connectivity index (χ1) is 8.54. The summed E-state index contributed by atoms with van der Waals surface area (Å²) in [5.41, 5.74) is 6.07. The van der Waals surface area contributed by atoms with Gasteiger partial charge in [-0.15, -0.1) is 0 Å². The molecule has 94 valence electrons. The van der Waals surface area contributed by atoms with Crippen LogP contribution in [-0.4, -0.2) is 15.5 Å². The summed E-state index contributed by atoms with van der Waals surface area (Å²) in [6, 6.07) is 12.5. The molecule has 0 saturated heterocycles. The fourth-order valence-corrected chi connectivity index (χ4v) is 2.85. The smallest absolute Gasteiger partial charge is 0.206 e. The second-order valence-electron chi connectivity index (χ2n) is 3.75. The van der Waals surface area contributed by atoms with Gasteiger partial charge in [-0.25, -0.2) is 8.42 Å². The topological polar surface area (TPSA) is 69.4 Å². The maximum atomic E-state index is 12.3. The Labute approximate surface area is 106 Å². The molecule has 0 aromatic heterocycles. The Hall–Kier alpha value is -2.01. The van der Waals surface area contributed by atoms with E-state index < -0.39 is 9.84 Å². The summed E-state index contributed by atoms with van der Waals surface area (Å²) in [7, 11) is -2.03. The quantitative estimate of drug-likeness (QED) is 0.861. The Balaban J connectivity index is 2.50. The molecule has 0 aliphatic rings. The molecule has 0 amide bonds. The van der Waals surface area contributed by atoms with Crippen LogP contribution in [0.2, 0.25) is 0 Å². The maximum Gasteiger partial charge on any atom is 0.206 e. The van der Waals surface area contributed by atoms with Crippen LogP contribution in [0.1, 0.15) is 0 Å². The standard InChI is InChI=1S/C13H13NO3S/c1-17-11-3-2-4-13(9-11)18(15,16)12-7-5-10(14)6-8-12/h2-9H,14H2,1H3. The molecular weight excluding hydrogens is 250 g/mol. The van der Waals surface area contributed by atoms with Gasteiger partial charge < -0.3 is 10.5 Å². The Morgan fingerprint density at radius 3 is 2.28 bits per heavy atom. The number of sulfone groups is 1. The number of hydrogen-bond donors (Lipinski definition) is 1. The van der Waals surface area contributed by atoms with E-state index in [0.29, 0.717) is 11.4 Å². The molecule has 5 heteroatoms. The van der Waals surface area contributed by atoms with Crippen molar-refractivity contribution in [1.29, 1.82) is 0 Å². The third-order valence-electron chi connectivity index (χ3n) is 2.54. The zero-order valence-electron chi connectivity index (χ0n) is 9.83. The van der Waals surface area contributed by atoms with E-state index in [2.05, 4.69) is 0 Å². The zero-order chi connectivity index (χ0) is 13.2. The van der Waals surface area contributed by atoms with Gasteiger partial charge in [0, 0.05) is 5.69 Å². The molecule has 0 heterocycles. The SMILES string of the molecule is COc1cccc(S(=O)(=O)c2ccc(N)cc2)c1. The van der Waals surface area contributed by atoms with Crippen LogP contribution < -0.4 is 10.5 Å². The van der Waals surface area contributed by atoms with Gasteiger partial charge in [-0.2, -0.15) is 0 Å². The Morgan fingerprint density at radius 2 is 1.67 bits per heavy atom. The lowest BCUT2D eigenvalue weighted by Crippen LogP contribution is -2.02. The van der Waals surface area contributed by atoms with Crippen LogP contribution >= 0.6 is 0 Å². The zero-order valence-corrected chi connectivity index (χ0v) is 10.6. The molecule has 0 spiro atoms. The van der Waals surface area contributed by atoms with Crippen molar-refractivity contribution in [2.75, 3.05) is 12.8 Å². The Kier molecular flexibility index (Phi) is 3.25. The van der Waals surface area contributed by atoms with Crippen LogP contribution in [-0.2, 0) is 9.84 Å². The second-order valence-corrected chi connectivity index (χ2v) is 5.70. The third-order valence-corrected chi connectivity index (χ3v) is 4.31. The third kappa shape index (κ3) is 2.31. The average molecular weight is 263 g/mol. The highest BCUT2D eigenvalue weighted by Gasteiger charge is 2.17. The first kappa shape index (κ1) is 12.4. The molecule has 0 aliphatic carbocycles. The van der Waals surface area contributed by atoms with Crippen LogP contribution in [0.3, 0.4) is 0 Å². The number of ether oxygens (including phenoxy) is 1. The molecule has 0 saturated carbocycles. The molecule has 0 fully saturated rings. The van der Waals surface area contributed by atoms with Crippen molar-refractivity contribution >= 4 is 15.5 Å². The van der Waals surface area contributed by atoms with Crippen molar-refractivity contribution in [3.05, 3.63) is 48.5 Å². The predicted octanol–water partition coefficient (Wildman–Crippen LogP) is 2.11. The lowest BCUT2D eigenvalue weighted by molar-refractivity contribution is 0.413. The van der Waals surface area contributed by atoms with Crippen LogP contribution in [0.4, 0.5) is 5.69 Å². The molecule has 2 N–H and O–H groups in total. The van der Waals surface area contributed by atoms with E-state index in [9.17, 15) is 8.42 Å². The molecule has 0 atom stereocenters. The summed E-state index contributed by atoms with van der Waals surface area (Å²) in [5, 5.41) is 0. The van der Waals surface area contributed by atoms with Crippen molar-refractivity contribution in [3.63, 3.8) is 0 Å². The van der Waals surface area contributed by atoms with Crippen LogP contribution in [0.15, 0.2) is 58.3 Å². The molecule has 18 heavy (non-hydrogen) atoms. The van der Waals surface area contributed by atoms with Gasteiger partial charge in [0.2, 0.25) is 9.84 Å². The van der Waals surface area contributed by atoms with E-state index in [1.165, 1.54) is 31.4 Å². The molecule has 2 rings (SSSR count). The van der Waals surface area contributed by atoms with Gasteiger partial charge in [0.25, 0.3) is 0 Å². The molecule has 2 aromatic carbocycles. The lowest BCUT2D eigenvalue weighted by Gasteiger charge is -2.06. The first-order valence-electron chi connectivity index (χ1n) is 5.29. The van der Waals surface area contributed by atoms with Gasteiger partial charge in [0.15, 0.2) is 0 Å². The first-order valence-corrected chi connectivity index (χ1v) is 6.77. The van der Waals surface area contributed by atoms with Crippen molar-refractivity contribution in [3.8, 4) is 5.75 Å². The van der Waals surface area contributed by atoms with Gasteiger partial charge >= 0.3 is 0 Å². The van der Waals surface area contributed by atoms with Crippen LogP contribution in [0.5, 0.6) is 5.75 Å². The molecule has 0 unspecified atom stereocenters. The molecule has 4 nitrogen and oxygen atoms in total. The summed E-state index contributed by atoms with van der Waals surface area (Å²) in [6.45, 7) is 0. The van der Waals surface area contributed by atoms with Gasteiger partial charge in [-0.05, 0) is 42.5 Å². The maximum absolute atomic E-state index is 12.3. The Morgan fingerprint density at radius 1 is 1.00 bits per heavy atom. The van der Waals surface area contributed by atoms with E-state index in [1.54, 1.807) is 24.3 Å². The number of rotatable bonds is 3. The van der Waals surface area contributed by atoms with E-state index in [4.69, 9.17) is 10.5 Å². The predicted molar refractivity (Wildman–Crippen MR) is 69.3 cm³/mol. The average Bonchev–Trinajstić information content (AvgIpc) is 2.39. The fourth-order valence-electron chi connectivity index (χ4n) is 1.55. The number of methoxy groups -OCH3 is 1. The highest BCUT2D eigenvalue weighted by Crippen LogP contribution is 2.24. The van der Waals surface area contributed by atoms with E-state index >= 15 is 0 Å².